The molecule has 6 nitrogen and oxygen atoms in total. The van der Waals surface area contributed by atoms with Crippen LogP contribution in [0.3, 0.4) is 0 Å². The number of hydrogen-bond acceptors (Lipinski definition) is 4. The van der Waals surface area contributed by atoms with E-state index in [2.05, 4.69) is 20.6 Å². The third kappa shape index (κ3) is 4.09. The second-order valence-electron chi connectivity index (χ2n) is 7.48. The first-order chi connectivity index (χ1) is 16.5. The molecule has 2 aromatic heterocycles. The standard InChI is InChI=1S/C26H18Cl2N4O2/c1-34-23-11-10-20-17(6-4-12-29-20)25(23)32-26(33)31-22-14-30-21-9-8-15(27)13-18(21)24(22)16-5-2-3-7-19(16)28/h2-14H,1H3,(H2,31,32,33). The number of carbonyl (C=O) groups is 1. The molecule has 0 bridgehead atoms. The minimum atomic E-state index is -0.467. The van der Waals surface area contributed by atoms with Crippen LogP contribution in [-0.4, -0.2) is 23.1 Å². The average Bonchev–Trinajstić information content (AvgIpc) is 2.85. The number of anilines is 2. The Morgan fingerprint density at radius 2 is 1.68 bits per heavy atom. The number of rotatable bonds is 4. The molecule has 0 spiro atoms. The van der Waals surface area contributed by atoms with Crippen molar-refractivity contribution in [3.63, 3.8) is 0 Å². The Kier molecular flexibility index (Phi) is 5.92. The summed E-state index contributed by atoms with van der Waals surface area (Å²) in [7, 11) is 1.55. The lowest BCUT2D eigenvalue weighted by atomic mass is 9.99. The topological polar surface area (TPSA) is 76.1 Å². The molecular formula is C26H18Cl2N4O2. The number of carbonyl (C=O) groups excluding carboxylic acids is 1. The molecule has 168 valence electrons. The molecule has 2 heterocycles. The predicted molar refractivity (Wildman–Crippen MR) is 138 cm³/mol. The van der Waals surface area contributed by atoms with Crippen molar-refractivity contribution in [1.82, 2.24) is 9.97 Å². The van der Waals surface area contributed by atoms with Crippen LogP contribution in [0.1, 0.15) is 0 Å². The fourth-order valence-electron chi connectivity index (χ4n) is 3.91. The maximum Gasteiger partial charge on any atom is 0.323 e. The minimum absolute atomic E-state index is 0.467. The fraction of sp³-hybridized carbons (Fsp3) is 0.0385. The van der Waals surface area contributed by atoms with Crippen molar-refractivity contribution in [3.05, 3.63) is 89.2 Å². The van der Waals surface area contributed by atoms with Crippen molar-refractivity contribution in [2.45, 2.75) is 0 Å². The number of aromatic nitrogens is 2. The maximum atomic E-state index is 13.2. The molecule has 0 atom stereocenters. The Balaban J connectivity index is 1.59. The largest absolute Gasteiger partial charge is 0.495 e. The first-order valence-corrected chi connectivity index (χ1v) is 11.1. The molecule has 0 aliphatic rings. The number of amides is 2. The summed E-state index contributed by atoms with van der Waals surface area (Å²) in [5, 5.41) is 8.45. The van der Waals surface area contributed by atoms with E-state index in [1.54, 1.807) is 43.8 Å². The zero-order chi connectivity index (χ0) is 23.7. The summed E-state index contributed by atoms with van der Waals surface area (Å²) >= 11 is 12.8. The number of urea groups is 1. The average molecular weight is 489 g/mol. The molecule has 0 radical (unpaired) electrons. The number of nitrogens with zero attached hydrogens (tertiary/aromatic N) is 2. The number of pyridine rings is 2. The van der Waals surface area contributed by atoms with Crippen molar-refractivity contribution in [2.75, 3.05) is 17.7 Å². The molecule has 5 rings (SSSR count). The van der Waals surface area contributed by atoms with E-state index in [9.17, 15) is 4.79 Å². The van der Waals surface area contributed by atoms with Gasteiger partial charge in [-0.1, -0.05) is 41.4 Å². The molecule has 2 amide bonds. The van der Waals surface area contributed by atoms with E-state index in [4.69, 9.17) is 27.9 Å². The van der Waals surface area contributed by atoms with Crippen LogP contribution in [0, 0.1) is 0 Å². The van der Waals surface area contributed by atoms with E-state index >= 15 is 0 Å². The number of fused-ring (bicyclic) bond motifs is 2. The Labute approximate surface area is 205 Å². The molecule has 0 saturated heterocycles. The van der Waals surface area contributed by atoms with Gasteiger partial charge in [0.2, 0.25) is 0 Å². The number of nitrogens with one attached hydrogen (secondary N) is 2. The van der Waals surface area contributed by atoms with Gasteiger partial charge >= 0.3 is 6.03 Å². The minimum Gasteiger partial charge on any atom is -0.495 e. The lowest BCUT2D eigenvalue weighted by Crippen LogP contribution is -2.20. The molecule has 0 saturated carbocycles. The van der Waals surface area contributed by atoms with Crippen LogP contribution in [0.2, 0.25) is 10.0 Å². The molecular weight excluding hydrogens is 471 g/mol. The van der Waals surface area contributed by atoms with Gasteiger partial charge in [-0.2, -0.15) is 0 Å². The second kappa shape index (κ2) is 9.17. The van der Waals surface area contributed by atoms with Crippen LogP contribution >= 0.6 is 23.2 Å². The normalized spacial score (nSPS) is 10.9. The van der Waals surface area contributed by atoms with E-state index in [0.29, 0.717) is 27.2 Å². The molecule has 0 unspecified atom stereocenters. The smallest absolute Gasteiger partial charge is 0.323 e. The highest BCUT2D eigenvalue weighted by Gasteiger charge is 2.18. The quantitative estimate of drug-likeness (QED) is 0.276. The number of halogens is 2. The summed E-state index contributed by atoms with van der Waals surface area (Å²) < 4.78 is 5.47. The van der Waals surface area contributed by atoms with Gasteiger partial charge in [0, 0.05) is 38.1 Å². The van der Waals surface area contributed by atoms with Crippen molar-refractivity contribution in [3.8, 4) is 16.9 Å². The highest BCUT2D eigenvalue weighted by molar-refractivity contribution is 6.34. The molecule has 3 aromatic carbocycles. The Morgan fingerprint density at radius 3 is 2.50 bits per heavy atom. The summed E-state index contributed by atoms with van der Waals surface area (Å²) in [6.07, 6.45) is 3.30. The van der Waals surface area contributed by atoms with E-state index in [0.717, 1.165) is 32.9 Å². The van der Waals surface area contributed by atoms with E-state index in [1.807, 2.05) is 42.5 Å². The summed E-state index contributed by atoms with van der Waals surface area (Å²) in [6.45, 7) is 0. The monoisotopic (exact) mass is 488 g/mol. The fourth-order valence-corrected chi connectivity index (χ4v) is 4.31. The Hall–Kier alpha value is -3.87. The van der Waals surface area contributed by atoms with Crippen LogP contribution in [-0.2, 0) is 0 Å². The molecule has 0 aliphatic carbocycles. The number of methoxy groups -OCH3 is 1. The molecule has 2 N–H and O–H groups in total. The summed E-state index contributed by atoms with van der Waals surface area (Å²) in [4.78, 5) is 22.0. The van der Waals surface area contributed by atoms with Gasteiger partial charge in [-0.15, -0.1) is 0 Å². The van der Waals surface area contributed by atoms with Crippen molar-refractivity contribution < 1.29 is 9.53 Å². The van der Waals surface area contributed by atoms with Crippen molar-refractivity contribution in [1.29, 1.82) is 0 Å². The van der Waals surface area contributed by atoms with Crippen molar-refractivity contribution in [2.24, 2.45) is 0 Å². The van der Waals surface area contributed by atoms with Crippen LogP contribution in [0.4, 0.5) is 16.2 Å². The molecule has 5 aromatic rings. The maximum absolute atomic E-state index is 13.2. The van der Waals surface area contributed by atoms with Gasteiger partial charge < -0.3 is 15.4 Å². The zero-order valence-corrected chi connectivity index (χ0v) is 19.5. The van der Waals surface area contributed by atoms with E-state index in [-0.39, 0.29) is 0 Å². The summed E-state index contributed by atoms with van der Waals surface area (Å²) in [6, 6.07) is 19.6. The molecule has 34 heavy (non-hydrogen) atoms. The Bertz CT molecular complexity index is 1560. The molecule has 8 heteroatoms. The summed E-state index contributed by atoms with van der Waals surface area (Å²) in [5.74, 6) is 0.519. The number of hydrogen-bond donors (Lipinski definition) is 2. The third-order valence-electron chi connectivity index (χ3n) is 5.43. The van der Waals surface area contributed by atoms with Gasteiger partial charge in [0.25, 0.3) is 0 Å². The van der Waals surface area contributed by atoms with Crippen LogP contribution < -0.4 is 15.4 Å². The predicted octanol–water partition coefficient (Wildman–Crippen LogP) is 7.41. The van der Waals surface area contributed by atoms with E-state index < -0.39 is 6.03 Å². The lowest BCUT2D eigenvalue weighted by molar-refractivity contribution is 0.262. The Morgan fingerprint density at radius 1 is 0.882 bits per heavy atom. The van der Waals surface area contributed by atoms with Gasteiger partial charge in [0.1, 0.15) is 5.75 Å². The van der Waals surface area contributed by atoms with Crippen LogP contribution in [0.25, 0.3) is 32.9 Å². The van der Waals surface area contributed by atoms with Gasteiger partial charge in [-0.05, 0) is 48.5 Å². The van der Waals surface area contributed by atoms with Gasteiger partial charge in [-0.25, -0.2) is 4.79 Å². The second-order valence-corrected chi connectivity index (χ2v) is 8.32. The van der Waals surface area contributed by atoms with Crippen LogP contribution in [0.5, 0.6) is 5.75 Å². The van der Waals surface area contributed by atoms with Gasteiger partial charge in [0.15, 0.2) is 0 Å². The van der Waals surface area contributed by atoms with Crippen molar-refractivity contribution >= 4 is 62.4 Å². The van der Waals surface area contributed by atoms with E-state index in [1.165, 1.54) is 0 Å². The van der Waals surface area contributed by atoms with Crippen LogP contribution in [0.15, 0.2) is 79.1 Å². The summed E-state index contributed by atoms with van der Waals surface area (Å²) in [5.41, 5.74) is 3.93. The third-order valence-corrected chi connectivity index (χ3v) is 5.99. The zero-order valence-electron chi connectivity index (χ0n) is 18.0. The lowest BCUT2D eigenvalue weighted by Gasteiger charge is -2.17. The highest BCUT2D eigenvalue weighted by atomic mass is 35.5. The number of ether oxygens (including phenoxy) is 1. The molecule has 0 fully saturated rings. The SMILES string of the molecule is COc1ccc2ncccc2c1NC(=O)Nc1cnc2ccc(Cl)cc2c1-c1ccccc1Cl. The molecule has 0 aliphatic heterocycles. The first kappa shape index (κ1) is 21.9. The van der Waals surface area contributed by atoms with Gasteiger partial charge in [0.05, 0.1) is 35.7 Å². The first-order valence-electron chi connectivity index (χ1n) is 10.4. The number of benzene rings is 3. The van der Waals surface area contributed by atoms with Gasteiger partial charge in [-0.3, -0.25) is 9.97 Å². The highest BCUT2D eigenvalue weighted by Crippen LogP contribution is 2.39.